The van der Waals surface area contributed by atoms with Crippen LogP contribution in [0.2, 0.25) is 0 Å². The molecule has 0 fully saturated rings. The van der Waals surface area contributed by atoms with Crippen LogP contribution in [0.3, 0.4) is 0 Å². The van der Waals surface area contributed by atoms with E-state index in [1.54, 1.807) is 13.8 Å². The molecule has 2 rings (SSSR count). The van der Waals surface area contributed by atoms with E-state index in [1.165, 1.54) is 23.5 Å². The number of hydrogen-bond acceptors (Lipinski definition) is 6. The normalized spacial score (nSPS) is 12.9. The number of thioether (sulfide) groups is 2. The van der Waals surface area contributed by atoms with Crippen LogP contribution in [0.1, 0.15) is 27.7 Å². The topological polar surface area (TPSA) is 52.6 Å². The van der Waals surface area contributed by atoms with Crippen LogP contribution in [0.5, 0.6) is 0 Å². The zero-order chi connectivity index (χ0) is 20.8. The van der Waals surface area contributed by atoms with Crippen molar-refractivity contribution >= 4 is 46.2 Å². The van der Waals surface area contributed by atoms with Gasteiger partial charge in [0.2, 0.25) is 0 Å². The third-order valence-corrected chi connectivity index (χ3v) is 5.64. The Labute approximate surface area is 174 Å². The summed E-state index contributed by atoms with van der Waals surface area (Å²) in [5.74, 6) is -0.782. The van der Waals surface area contributed by atoms with Gasteiger partial charge in [0.1, 0.15) is 10.9 Å². The first-order valence-electron chi connectivity index (χ1n) is 8.76. The molecule has 0 aromatic heterocycles. The Kier molecular flexibility index (Phi) is 7.78. The fraction of sp³-hybridized carbons (Fsp3) is 0.273. The molecular weight excluding hydrogens is 392 g/mol. The molecule has 0 saturated carbocycles. The van der Waals surface area contributed by atoms with Gasteiger partial charge >= 0.3 is 11.9 Å². The van der Waals surface area contributed by atoms with Crippen molar-refractivity contribution in [3.8, 4) is 0 Å². The predicted octanol–water partition coefficient (Wildman–Crippen LogP) is 5.95. The molecule has 0 aliphatic heterocycles. The second kappa shape index (κ2) is 9.85. The SMILES string of the molecule is C=C(C)C(=O)OC(C)Sc1ccc2c(SC(C)OC(=O)C(=C)C)cccc2c1. The first-order chi connectivity index (χ1) is 13.2. The molecule has 0 bridgehead atoms. The van der Waals surface area contributed by atoms with Crippen LogP contribution in [0.15, 0.2) is 70.5 Å². The Morgan fingerprint density at radius 1 is 0.893 bits per heavy atom. The number of carbonyl (C=O) groups is 2. The second-order valence-corrected chi connectivity index (χ2v) is 9.09. The Bertz CT molecular complexity index is 920. The number of benzene rings is 2. The molecule has 0 spiro atoms. The van der Waals surface area contributed by atoms with Crippen molar-refractivity contribution in [1.82, 2.24) is 0 Å². The molecule has 2 atom stereocenters. The van der Waals surface area contributed by atoms with Crippen molar-refractivity contribution in [2.45, 2.75) is 48.4 Å². The summed E-state index contributed by atoms with van der Waals surface area (Å²) in [7, 11) is 0. The summed E-state index contributed by atoms with van der Waals surface area (Å²) in [6.07, 6.45) is 0. The van der Waals surface area contributed by atoms with Crippen LogP contribution in [-0.4, -0.2) is 22.8 Å². The molecule has 2 aromatic carbocycles. The van der Waals surface area contributed by atoms with Crippen LogP contribution in [0, 0.1) is 0 Å². The van der Waals surface area contributed by atoms with Crippen LogP contribution >= 0.6 is 23.5 Å². The molecule has 0 aliphatic carbocycles. The van der Waals surface area contributed by atoms with E-state index in [-0.39, 0.29) is 10.9 Å². The number of esters is 2. The molecule has 2 aromatic rings. The van der Waals surface area contributed by atoms with Crippen molar-refractivity contribution in [3.05, 3.63) is 60.7 Å². The van der Waals surface area contributed by atoms with Crippen molar-refractivity contribution in [2.24, 2.45) is 0 Å². The first-order valence-corrected chi connectivity index (χ1v) is 10.5. The van der Waals surface area contributed by atoms with Crippen LogP contribution in [0.25, 0.3) is 10.8 Å². The lowest BCUT2D eigenvalue weighted by atomic mass is 10.1. The van der Waals surface area contributed by atoms with Gasteiger partial charge in [-0.1, -0.05) is 54.9 Å². The fourth-order valence-corrected chi connectivity index (χ4v) is 4.15. The maximum absolute atomic E-state index is 11.7. The van der Waals surface area contributed by atoms with Gasteiger partial charge < -0.3 is 9.47 Å². The van der Waals surface area contributed by atoms with E-state index in [1.807, 2.05) is 44.2 Å². The van der Waals surface area contributed by atoms with E-state index in [9.17, 15) is 9.59 Å². The van der Waals surface area contributed by atoms with Gasteiger partial charge in [-0.05, 0) is 56.7 Å². The molecule has 2 unspecified atom stereocenters. The van der Waals surface area contributed by atoms with E-state index in [0.29, 0.717) is 11.1 Å². The predicted molar refractivity (Wildman–Crippen MR) is 116 cm³/mol. The van der Waals surface area contributed by atoms with E-state index in [4.69, 9.17) is 9.47 Å². The highest BCUT2D eigenvalue weighted by atomic mass is 32.2. The van der Waals surface area contributed by atoms with Gasteiger partial charge in [0.05, 0.1) is 0 Å². The minimum atomic E-state index is -0.391. The first kappa shape index (κ1) is 22.1. The highest BCUT2D eigenvalue weighted by Gasteiger charge is 2.14. The molecule has 0 amide bonds. The van der Waals surface area contributed by atoms with E-state index >= 15 is 0 Å². The van der Waals surface area contributed by atoms with Crippen molar-refractivity contribution < 1.29 is 19.1 Å². The monoisotopic (exact) mass is 416 g/mol. The molecule has 148 valence electrons. The maximum Gasteiger partial charge on any atom is 0.334 e. The molecule has 0 heterocycles. The second-order valence-electron chi connectivity index (χ2n) is 6.38. The lowest BCUT2D eigenvalue weighted by Gasteiger charge is -2.15. The minimum absolute atomic E-state index is 0.319. The maximum atomic E-state index is 11.7. The molecule has 0 N–H and O–H groups in total. The van der Waals surface area contributed by atoms with Crippen LogP contribution in [-0.2, 0) is 19.1 Å². The summed E-state index contributed by atoms with van der Waals surface area (Å²) in [5.41, 5.74) is 0.119. The summed E-state index contributed by atoms with van der Waals surface area (Å²) in [6.45, 7) is 14.1. The number of hydrogen-bond donors (Lipinski definition) is 0. The summed E-state index contributed by atoms with van der Waals surface area (Å²) >= 11 is 2.95. The van der Waals surface area contributed by atoms with Gasteiger partial charge in [-0.2, -0.15) is 0 Å². The lowest BCUT2D eigenvalue weighted by molar-refractivity contribution is -0.140. The van der Waals surface area contributed by atoms with Crippen LogP contribution in [0.4, 0.5) is 0 Å². The molecule has 0 radical (unpaired) electrons. The zero-order valence-electron chi connectivity index (χ0n) is 16.5. The minimum Gasteiger partial charge on any atom is -0.448 e. The highest BCUT2D eigenvalue weighted by molar-refractivity contribution is 8.00. The van der Waals surface area contributed by atoms with Crippen LogP contribution < -0.4 is 0 Å². The molecule has 0 aliphatic rings. The van der Waals surface area contributed by atoms with E-state index < -0.39 is 11.9 Å². The molecular formula is C22H24O4S2. The van der Waals surface area contributed by atoms with Gasteiger partial charge in [-0.25, -0.2) is 9.59 Å². The van der Waals surface area contributed by atoms with Gasteiger partial charge in [0.15, 0.2) is 0 Å². The van der Waals surface area contributed by atoms with E-state index in [0.717, 1.165) is 20.6 Å². The van der Waals surface area contributed by atoms with Crippen molar-refractivity contribution in [2.75, 3.05) is 0 Å². The number of carbonyl (C=O) groups excluding carboxylic acids is 2. The number of ether oxygens (including phenoxy) is 2. The van der Waals surface area contributed by atoms with Crippen molar-refractivity contribution in [1.29, 1.82) is 0 Å². The van der Waals surface area contributed by atoms with Gasteiger partial charge in [0.25, 0.3) is 0 Å². The third kappa shape index (κ3) is 6.17. The summed E-state index contributed by atoms with van der Waals surface area (Å²) < 4.78 is 10.7. The summed E-state index contributed by atoms with van der Waals surface area (Å²) in [6, 6.07) is 12.1. The largest absolute Gasteiger partial charge is 0.448 e. The Morgan fingerprint density at radius 2 is 1.46 bits per heavy atom. The Hall–Kier alpha value is -2.18. The molecule has 0 saturated heterocycles. The quantitative estimate of drug-likeness (QED) is 0.229. The highest BCUT2D eigenvalue weighted by Crippen LogP contribution is 2.34. The van der Waals surface area contributed by atoms with Crippen molar-refractivity contribution in [3.63, 3.8) is 0 Å². The molecule has 6 heteroatoms. The standard InChI is InChI=1S/C22H24O4S2/c1-13(2)21(23)25-15(5)27-18-10-11-19-17(12-18)8-7-9-20(19)28-16(6)26-22(24)14(3)4/h7-12,15-16H,1,3H2,2,4-6H3. The smallest absolute Gasteiger partial charge is 0.334 e. The molecule has 28 heavy (non-hydrogen) atoms. The van der Waals surface area contributed by atoms with Gasteiger partial charge in [0, 0.05) is 20.9 Å². The summed E-state index contributed by atoms with van der Waals surface area (Å²) in [4.78, 5) is 25.4. The lowest BCUT2D eigenvalue weighted by Crippen LogP contribution is -2.12. The molecule has 4 nitrogen and oxygen atoms in total. The van der Waals surface area contributed by atoms with Gasteiger partial charge in [-0.15, -0.1) is 0 Å². The Morgan fingerprint density at radius 3 is 2.04 bits per heavy atom. The van der Waals surface area contributed by atoms with E-state index in [2.05, 4.69) is 19.2 Å². The Balaban J connectivity index is 2.13. The third-order valence-electron chi connectivity index (χ3n) is 3.65. The van der Waals surface area contributed by atoms with Gasteiger partial charge in [-0.3, -0.25) is 0 Å². The fourth-order valence-electron chi connectivity index (χ4n) is 2.33. The zero-order valence-corrected chi connectivity index (χ0v) is 18.1. The number of rotatable bonds is 8. The summed E-state index contributed by atoms with van der Waals surface area (Å²) in [5, 5.41) is 2.13. The average Bonchev–Trinajstić information content (AvgIpc) is 2.61. The number of fused-ring (bicyclic) bond motifs is 1. The average molecular weight is 417 g/mol.